The second-order valence-corrected chi connectivity index (χ2v) is 8.04. The van der Waals surface area contributed by atoms with Crippen molar-refractivity contribution in [2.75, 3.05) is 0 Å². The van der Waals surface area contributed by atoms with Crippen LogP contribution in [0.25, 0.3) is 0 Å². The molecule has 29 heavy (non-hydrogen) atoms. The number of aromatic nitrogens is 3. The van der Waals surface area contributed by atoms with Crippen molar-refractivity contribution in [3.8, 4) is 0 Å². The summed E-state index contributed by atoms with van der Waals surface area (Å²) in [6.45, 7) is 1.50. The second kappa shape index (κ2) is 7.84. The third-order valence-electron chi connectivity index (χ3n) is 4.15. The van der Waals surface area contributed by atoms with Crippen molar-refractivity contribution in [1.82, 2.24) is 14.1 Å². The summed E-state index contributed by atoms with van der Waals surface area (Å²) in [6, 6.07) is 9.00. The van der Waals surface area contributed by atoms with Crippen LogP contribution >= 0.6 is 0 Å². The molecule has 2 aromatic heterocycles. The lowest BCUT2D eigenvalue weighted by molar-refractivity contribution is -0.118. The average Bonchev–Trinajstić information content (AvgIpc) is 3.08. The summed E-state index contributed by atoms with van der Waals surface area (Å²) in [5, 5.41) is 0. The van der Waals surface area contributed by atoms with Crippen molar-refractivity contribution in [3.05, 3.63) is 77.4 Å². The molecular formula is C19H19N5O4S. The quantitative estimate of drug-likeness (QED) is 0.590. The Bertz CT molecular complexity index is 1250. The molecule has 2 N–H and O–H groups in total. The van der Waals surface area contributed by atoms with Crippen molar-refractivity contribution in [2.24, 2.45) is 17.2 Å². The van der Waals surface area contributed by atoms with Crippen molar-refractivity contribution < 1.29 is 18.0 Å². The van der Waals surface area contributed by atoms with Crippen LogP contribution in [0, 0.1) is 6.92 Å². The zero-order valence-electron chi connectivity index (χ0n) is 15.8. The number of sulfonamides is 1. The van der Waals surface area contributed by atoms with Crippen LogP contribution in [0.4, 0.5) is 0 Å². The number of nitrogens with two attached hydrogens (primary N) is 1. The van der Waals surface area contributed by atoms with Gasteiger partial charge in [0.2, 0.25) is 11.7 Å². The fourth-order valence-electron chi connectivity index (χ4n) is 2.65. The minimum atomic E-state index is -4.02. The molecule has 0 bridgehead atoms. The summed E-state index contributed by atoms with van der Waals surface area (Å²) in [5.74, 6) is -0.892. The maximum atomic E-state index is 12.7. The van der Waals surface area contributed by atoms with Crippen LogP contribution in [0.5, 0.6) is 0 Å². The highest BCUT2D eigenvalue weighted by Gasteiger charge is 2.17. The highest BCUT2D eigenvalue weighted by atomic mass is 32.2. The predicted molar refractivity (Wildman–Crippen MR) is 104 cm³/mol. The van der Waals surface area contributed by atoms with Crippen LogP contribution in [0.1, 0.15) is 21.7 Å². The Labute approximate surface area is 167 Å². The van der Waals surface area contributed by atoms with E-state index in [2.05, 4.69) is 9.38 Å². The first-order valence-corrected chi connectivity index (χ1v) is 10.00. The highest BCUT2D eigenvalue weighted by Crippen LogP contribution is 2.13. The fourth-order valence-corrected chi connectivity index (χ4v) is 3.65. The smallest absolute Gasteiger partial charge is 0.284 e. The third-order valence-corrected chi connectivity index (χ3v) is 5.44. The van der Waals surface area contributed by atoms with Crippen LogP contribution in [-0.2, 0) is 28.4 Å². The topological polar surface area (TPSA) is 129 Å². The van der Waals surface area contributed by atoms with Crippen molar-refractivity contribution >= 4 is 21.7 Å². The lowest BCUT2D eigenvalue weighted by Gasteiger charge is -2.09. The van der Waals surface area contributed by atoms with Crippen LogP contribution < -0.4 is 11.2 Å². The van der Waals surface area contributed by atoms with Gasteiger partial charge in [-0.1, -0.05) is 17.7 Å². The van der Waals surface area contributed by atoms with E-state index >= 15 is 0 Å². The number of pyridine rings is 1. The Morgan fingerprint density at radius 3 is 2.41 bits per heavy atom. The van der Waals surface area contributed by atoms with E-state index in [1.807, 2.05) is 6.92 Å². The normalized spacial score (nSPS) is 12.1. The van der Waals surface area contributed by atoms with Crippen molar-refractivity contribution in [2.45, 2.75) is 18.4 Å². The minimum Gasteiger partial charge on any atom is -0.368 e. The monoisotopic (exact) mass is 413 g/mol. The standard InChI is InChI=1S/C19H19N5O4S/c1-13-3-6-15(7-4-13)29(27,28)22-17-8-5-14(11-24(17)12-16(20)25)18(26)19-21-9-10-23(19)2/h3-11H,12H2,1-2H3,(H2,20,25)/b22-17-. The van der Waals surface area contributed by atoms with Gasteiger partial charge in [0.15, 0.2) is 5.82 Å². The largest absolute Gasteiger partial charge is 0.368 e. The van der Waals surface area contributed by atoms with Gasteiger partial charge in [-0.05, 0) is 31.2 Å². The maximum absolute atomic E-state index is 12.7. The molecule has 9 nitrogen and oxygen atoms in total. The van der Waals surface area contributed by atoms with Gasteiger partial charge in [0.05, 0.1) is 4.90 Å². The van der Waals surface area contributed by atoms with Gasteiger partial charge in [-0.2, -0.15) is 8.42 Å². The van der Waals surface area contributed by atoms with E-state index < -0.39 is 15.9 Å². The van der Waals surface area contributed by atoms with Crippen LogP contribution in [0.3, 0.4) is 0 Å². The number of ketones is 1. The minimum absolute atomic E-state index is 0.0156. The van der Waals surface area contributed by atoms with Crippen LogP contribution in [0.2, 0.25) is 0 Å². The molecule has 1 amide bonds. The average molecular weight is 413 g/mol. The number of amides is 1. The van der Waals surface area contributed by atoms with Crippen molar-refractivity contribution in [3.63, 3.8) is 0 Å². The summed E-state index contributed by atoms with van der Waals surface area (Å²) in [7, 11) is -2.34. The van der Waals surface area contributed by atoms with Gasteiger partial charge < -0.3 is 14.9 Å². The molecule has 0 saturated heterocycles. The first kappa shape index (κ1) is 20.2. The number of benzene rings is 1. The Morgan fingerprint density at radius 2 is 1.83 bits per heavy atom. The zero-order chi connectivity index (χ0) is 21.2. The Balaban J connectivity index is 2.10. The van der Waals surface area contributed by atoms with E-state index in [1.54, 1.807) is 29.9 Å². The summed E-state index contributed by atoms with van der Waals surface area (Å²) in [4.78, 5) is 28.1. The first-order valence-electron chi connectivity index (χ1n) is 8.56. The Morgan fingerprint density at radius 1 is 1.14 bits per heavy atom. The molecule has 0 unspecified atom stereocenters. The Kier molecular flexibility index (Phi) is 5.46. The van der Waals surface area contributed by atoms with Crippen molar-refractivity contribution in [1.29, 1.82) is 0 Å². The highest BCUT2D eigenvalue weighted by molar-refractivity contribution is 7.90. The molecule has 10 heteroatoms. The van der Waals surface area contributed by atoms with Crippen LogP contribution in [-0.4, -0.2) is 34.2 Å². The third kappa shape index (κ3) is 4.49. The SMILES string of the molecule is Cc1ccc(S(=O)(=O)/N=c2/ccc(C(=O)c3nccn3C)cn2CC(N)=O)cc1. The molecule has 0 aliphatic heterocycles. The van der Waals surface area contributed by atoms with Gasteiger partial charge in [0.1, 0.15) is 12.0 Å². The second-order valence-electron chi connectivity index (χ2n) is 6.44. The number of aryl methyl sites for hydroxylation is 2. The molecule has 3 aromatic rings. The molecule has 0 saturated carbocycles. The zero-order valence-corrected chi connectivity index (χ0v) is 16.6. The number of carbonyl (C=O) groups excluding carboxylic acids is 2. The maximum Gasteiger partial charge on any atom is 0.284 e. The van der Waals surface area contributed by atoms with E-state index in [1.165, 1.54) is 41.2 Å². The summed E-state index contributed by atoms with van der Waals surface area (Å²) < 4.78 is 31.9. The molecule has 1 aromatic carbocycles. The molecule has 0 aliphatic carbocycles. The van der Waals surface area contributed by atoms with Gasteiger partial charge >= 0.3 is 0 Å². The molecule has 0 atom stereocenters. The summed E-state index contributed by atoms with van der Waals surface area (Å²) >= 11 is 0. The van der Waals surface area contributed by atoms with E-state index in [4.69, 9.17) is 5.73 Å². The number of nitrogens with zero attached hydrogens (tertiary/aromatic N) is 4. The van der Waals surface area contributed by atoms with E-state index in [9.17, 15) is 18.0 Å². The first-order chi connectivity index (χ1) is 13.7. The van der Waals surface area contributed by atoms with Gasteiger partial charge in [0.25, 0.3) is 10.0 Å². The number of carbonyl (C=O) groups is 2. The molecule has 2 heterocycles. The molecular weight excluding hydrogens is 394 g/mol. The number of rotatable bonds is 6. The lowest BCUT2D eigenvalue weighted by Crippen LogP contribution is -2.30. The van der Waals surface area contributed by atoms with Gasteiger partial charge in [-0.15, -0.1) is 4.40 Å². The number of hydrogen-bond donors (Lipinski definition) is 1. The summed E-state index contributed by atoms with van der Waals surface area (Å²) in [6.07, 6.45) is 4.45. The van der Waals surface area contributed by atoms with Gasteiger partial charge in [-0.3, -0.25) is 9.59 Å². The van der Waals surface area contributed by atoms with E-state index in [0.29, 0.717) is 0 Å². The predicted octanol–water partition coefficient (Wildman–Crippen LogP) is 0.536. The molecule has 0 radical (unpaired) electrons. The van der Waals surface area contributed by atoms with E-state index in [0.717, 1.165) is 5.56 Å². The molecule has 3 rings (SSSR count). The molecule has 0 spiro atoms. The van der Waals surface area contributed by atoms with E-state index in [-0.39, 0.29) is 34.1 Å². The fraction of sp³-hybridized carbons (Fsp3) is 0.158. The molecule has 0 aliphatic rings. The number of hydrogen-bond acceptors (Lipinski definition) is 5. The lowest BCUT2D eigenvalue weighted by atomic mass is 10.2. The summed E-state index contributed by atoms with van der Waals surface area (Å²) in [5.41, 5.74) is 6.37. The Hall–Kier alpha value is -3.53. The molecule has 150 valence electrons. The van der Waals surface area contributed by atoms with Gasteiger partial charge in [-0.25, -0.2) is 4.98 Å². The van der Waals surface area contributed by atoms with Crippen LogP contribution in [0.15, 0.2) is 64.3 Å². The van der Waals surface area contributed by atoms with Gasteiger partial charge in [0, 0.05) is 31.2 Å². The molecule has 0 fully saturated rings. The number of primary amides is 1. The number of imidazole rings is 1.